The fourth-order valence-electron chi connectivity index (χ4n) is 3.07. The second-order valence-corrected chi connectivity index (χ2v) is 4.73. The van der Waals surface area contributed by atoms with Gasteiger partial charge in [-0.05, 0) is 37.2 Å². The molecule has 0 saturated heterocycles. The third-order valence-electron chi connectivity index (χ3n) is 3.91. The lowest BCUT2D eigenvalue weighted by atomic mass is 10.1. The third kappa shape index (κ3) is 2.38. The lowest BCUT2D eigenvalue weighted by Crippen LogP contribution is -2.42. The Morgan fingerprint density at radius 2 is 1.88 bits per heavy atom. The normalized spacial score (nSPS) is 23.1. The second-order valence-electron chi connectivity index (χ2n) is 4.73. The summed E-state index contributed by atoms with van der Waals surface area (Å²) in [4.78, 5) is 2.58. The smallest absolute Gasteiger partial charge is 0.0484 e. The van der Waals surface area contributed by atoms with Crippen LogP contribution in [-0.2, 0) is 6.42 Å². The van der Waals surface area contributed by atoms with E-state index >= 15 is 0 Å². The van der Waals surface area contributed by atoms with Crippen molar-refractivity contribution in [2.75, 3.05) is 19.6 Å². The zero-order chi connectivity index (χ0) is 12.3. The molecule has 0 saturated carbocycles. The van der Waals surface area contributed by atoms with Crippen molar-refractivity contribution < 1.29 is 0 Å². The summed E-state index contributed by atoms with van der Waals surface area (Å²) < 4.78 is 0. The van der Waals surface area contributed by atoms with E-state index in [9.17, 15) is 0 Å². The molecule has 2 unspecified atom stereocenters. The Hall–Kier alpha value is -0.860. The summed E-state index contributed by atoms with van der Waals surface area (Å²) in [6.45, 7) is 10.0. The van der Waals surface area contributed by atoms with Crippen molar-refractivity contribution >= 4 is 0 Å². The van der Waals surface area contributed by atoms with Gasteiger partial charge in [-0.3, -0.25) is 4.90 Å². The van der Waals surface area contributed by atoms with Crippen LogP contribution in [0.2, 0.25) is 0 Å². The number of likely N-dealkylation sites (N-methyl/N-ethyl adjacent to an activating group) is 2. The van der Waals surface area contributed by atoms with Crippen LogP contribution in [0.3, 0.4) is 0 Å². The van der Waals surface area contributed by atoms with Crippen molar-refractivity contribution in [1.82, 2.24) is 10.2 Å². The fraction of sp³-hybridized carbons (Fsp3) is 0.600. The van der Waals surface area contributed by atoms with Crippen LogP contribution in [0.25, 0.3) is 0 Å². The van der Waals surface area contributed by atoms with Crippen molar-refractivity contribution in [3.05, 3.63) is 35.4 Å². The Balaban J connectivity index is 2.25. The zero-order valence-electron chi connectivity index (χ0n) is 11.2. The molecule has 2 heteroatoms. The van der Waals surface area contributed by atoms with Crippen molar-refractivity contribution in [1.29, 1.82) is 0 Å². The molecule has 2 atom stereocenters. The molecule has 0 spiro atoms. The highest BCUT2D eigenvalue weighted by Crippen LogP contribution is 2.34. The molecule has 1 aromatic carbocycles. The van der Waals surface area contributed by atoms with Gasteiger partial charge < -0.3 is 5.32 Å². The second kappa shape index (κ2) is 5.65. The SMILES string of the molecule is CCNC1c2ccccc2CC1N(CC)CC. The lowest BCUT2D eigenvalue weighted by Gasteiger charge is -2.31. The minimum Gasteiger partial charge on any atom is -0.309 e. The Kier molecular flexibility index (Phi) is 4.19. The van der Waals surface area contributed by atoms with Crippen LogP contribution < -0.4 is 5.32 Å². The van der Waals surface area contributed by atoms with Gasteiger partial charge in [-0.25, -0.2) is 0 Å². The van der Waals surface area contributed by atoms with Gasteiger partial charge in [0.15, 0.2) is 0 Å². The predicted molar refractivity (Wildman–Crippen MR) is 73.3 cm³/mol. The van der Waals surface area contributed by atoms with E-state index in [1.165, 1.54) is 17.5 Å². The van der Waals surface area contributed by atoms with E-state index in [0.29, 0.717) is 12.1 Å². The Morgan fingerprint density at radius 3 is 2.53 bits per heavy atom. The summed E-state index contributed by atoms with van der Waals surface area (Å²) in [6, 6.07) is 10.0. The molecule has 1 aliphatic carbocycles. The van der Waals surface area contributed by atoms with E-state index in [1.54, 1.807) is 0 Å². The molecule has 0 radical (unpaired) electrons. The Bertz CT molecular complexity index is 358. The third-order valence-corrected chi connectivity index (χ3v) is 3.91. The highest BCUT2D eigenvalue weighted by atomic mass is 15.2. The zero-order valence-corrected chi connectivity index (χ0v) is 11.2. The van der Waals surface area contributed by atoms with E-state index < -0.39 is 0 Å². The molecule has 17 heavy (non-hydrogen) atoms. The van der Waals surface area contributed by atoms with Crippen LogP contribution in [-0.4, -0.2) is 30.6 Å². The van der Waals surface area contributed by atoms with Crippen LogP contribution in [0.5, 0.6) is 0 Å². The van der Waals surface area contributed by atoms with Gasteiger partial charge in [0, 0.05) is 12.1 Å². The van der Waals surface area contributed by atoms with E-state index in [2.05, 4.69) is 55.3 Å². The number of hydrogen-bond donors (Lipinski definition) is 1. The molecule has 0 fully saturated rings. The quantitative estimate of drug-likeness (QED) is 0.839. The van der Waals surface area contributed by atoms with Gasteiger partial charge in [-0.15, -0.1) is 0 Å². The molecule has 1 aromatic rings. The first-order valence-corrected chi connectivity index (χ1v) is 6.87. The summed E-state index contributed by atoms with van der Waals surface area (Å²) in [5.41, 5.74) is 3.03. The van der Waals surface area contributed by atoms with Gasteiger partial charge in [-0.2, -0.15) is 0 Å². The first-order valence-electron chi connectivity index (χ1n) is 6.87. The maximum absolute atomic E-state index is 3.66. The first kappa shape index (κ1) is 12.6. The van der Waals surface area contributed by atoms with E-state index in [4.69, 9.17) is 0 Å². The minimum absolute atomic E-state index is 0.510. The van der Waals surface area contributed by atoms with Crippen LogP contribution in [0.15, 0.2) is 24.3 Å². The van der Waals surface area contributed by atoms with E-state index in [-0.39, 0.29) is 0 Å². The molecule has 0 aliphatic heterocycles. The van der Waals surface area contributed by atoms with Crippen LogP contribution in [0, 0.1) is 0 Å². The highest BCUT2D eigenvalue weighted by Gasteiger charge is 2.34. The van der Waals surface area contributed by atoms with Crippen LogP contribution in [0.4, 0.5) is 0 Å². The number of rotatable bonds is 5. The van der Waals surface area contributed by atoms with Crippen molar-refractivity contribution in [3.8, 4) is 0 Å². The number of hydrogen-bond acceptors (Lipinski definition) is 2. The average Bonchev–Trinajstić information content (AvgIpc) is 2.71. The molecule has 0 heterocycles. The fourth-order valence-corrected chi connectivity index (χ4v) is 3.07. The van der Waals surface area contributed by atoms with Gasteiger partial charge in [0.05, 0.1) is 0 Å². The predicted octanol–water partition coefficient (Wildman–Crippen LogP) is 2.60. The number of fused-ring (bicyclic) bond motifs is 1. The number of nitrogens with zero attached hydrogens (tertiary/aromatic N) is 1. The highest BCUT2D eigenvalue weighted by molar-refractivity contribution is 5.37. The summed E-state index contributed by atoms with van der Waals surface area (Å²) in [5.74, 6) is 0. The minimum atomic E-state index is 0.510. The molecule has 0 aromatic heterocycles. The molecule has 0 bridgehead atoms. The van der Waals surface area contributed by atoms with Gasteiger partial charge in [0.2, 0.25) is 0 Å². The van der Waals surface area contributed by atoms with Gasteiger partial charge in [0.25, 0.3) is 0 Å². The standard InChI is InChI=1S/C15H24N2/c1-4-16-15-13-10-8-7-9-12(13)11-14(15)17(5-2)6-3/h7-10,14-16H,4-6,11H2,1-3H3. The molecule has 2 nitrogen and oxygen atoms in total. The lowest BCUT2D eigenvalue weighted by molar-refractivity contribution is 0.184. The average molecular weight is 232 g/mol. The summed E-state index contributed by atoms with van der Waals surface area (Å²) >= 11 is 0. The summed E-state index contributed by atoms with van der Waals surface area (Å²) in [7, 11) is 0. The van der Waals surface area contributed by atoms with Gasteiger partial charge in [-0.1, -0.05) is 45.0 Å². The molecule has 1 aliphatic rings. The Morgan fingerprint density at radius 1 is 1.18 bits per heavy atom. The maximum atomic E-state index is 3.66. The summed E-state index contributed by atoms with van der Waals surface area (Å²) in [5, 5.41) is 3.66. The number of benzene rings is 1. The molecule has 1 N–H and O–H groups in total. The molecule has 94 valence electrons. The van der Waals surface area contributed by atoms with E-state index in [0.717, 1.165) is 19.6 Å². The molecule has 0 amide bonds. The van der Waals surface area contributed by atoms with Crippen molar-refractivity contribution in [2.45, 2.75) is 39.3 Å². The van der Waals surface area contributed by atoms with Gasteiger partial charge in [0.1, 0.15) is 0 Å². The van der Waals surface area contributed by atoms with Crippen molar-refractivity contribution in [2.24, 2.45) is 0 Å². The van der Waals surface area contributed by atoms with Crippen molar-refractivity contribution in [3.63, 3.8) is 0 Å². The van der Waals surface area contributed by atoms with Crippen LogP contribution >= 0.6 is 0 Å². The largest absolute Gasteiger partial charge is 0.309 e. The monoisotopic (exact) mass is 232 g/mol. The van der Waals surface area contributed by atoms with E-state index in [1.807, 2.05) is 0 Å². The van der Waals surface area contributed by atoms with Gasteiger partial charge >= 0.3 is 0 Å². The number of nitrogens with one attached hydrogen (secondary N) is 1. The summed E-state index contributed by atoms with van der Waals surface area (Å²) in [6.07, 6.45) is 1.19. The molecular formula is C15H24N2. The topological polar surface area (TPSA) is 15.3 Å². The molecular weight excluding hydrogens is 208 g/mol. The molecule has 2 rings (SSSR count). The van der Waals surface area contributed by atoms with Crippen LogP contribution in [0.1, 0.15) is 37.9 Å². The Labute approximate surface area is 105 Å². The maximum Gasteiger partial charge on any atom is 0.0484 e. The first-order chi connectivity index (χ1) is 8.31.